The lowest BCUT2D eigenvalue weighted by Crippen LogP contribution is -2.49. The molecule has 3 aromatic heterocycles. The number of anilines is 2. The Bertz CT molecular complexity index is 1790. The molecule has 2 amide bonds. The van der Waals surface area contributed by atoms with E-state index in [1.54, 1.807) is 9.80 Å². The normalized spacial score (nSPS) is 14.3. The SMILES string of the molecule is CC(C)(C)c1csc(NC(=O)c2ccn3c(=O)c(/C=C/C(=O)O)c(N4CCN(C(=O)CCCCOS(=O)(=O)O)CC4)nc3c2)n1. The van der Waals surface area contributed by atoms with E-state index in [-0.39, 0.29) is 53.4 Å². The first-order valence-electron chi connectivity index (χ1n) is 14.0. The third kappa shape index (κ3) is 8.93. The molecular weight excluding hydrogens is 628 g/mol. The highest BCUT2D eigenvalue weighted by molar-refractivity contribution is 7.80. The summed E-state index contributed by atoms with van der Waals surface area (Å²) in [7, 11) is -4.52. The predicted octanol–water partition coefficient (Wildman–Crippen LogP) is 2.44. The summed E-state index contributed by atoms with van der Waals surface area (Å²) in [6, 6.07) is 2.93. The highest BCUT2D eigenvalue weighted by atomic mass is 32.3. The summed E-state index contributed by atoms with van der Waals surface area (Å²) in [5.74, 6) is -1.61. The lowest BCUT2D eigenvalue weighted by molar-refractivity contribution is -0.132. The number of carbonyl (C=O) groups is 3. The number of thiazole rings is 1. The molecule has 3 aromatic rings. The van der Waals surface area contributed by atoms with Crippen LogP contribution in [-0.2, 0) is 29.6 Å². The number of fused-ring (bicyclic) bond motifs is 1. The fraction of sp³-hybridized carbons (Fsp3) is 0.429. The van der Waals surface area contributed by atoms with E-state index in [1.165, 1.54) is 40.1 Å². The van der Waals surface area contributed by atoms with Gasteiger partial charge in [-0.25, -0.2) is 18.9 Å². The zero-order chi connectivity index (χ0) is 32.9. The Morgan fingerprint density at radius 2 is 1.84 bits per heavy atom. The van der Waals surface area contributed by atoms with Crippen molar-refractivity contribution in [1.29, 1.82) is 0 Å². The van der Waals surface area contributed by atoms with E-state index in [0.29, 0.717) is 37.7 Å². The Balaban J connectivity index is 1.52. The fourth-order valence-electron chi connectivity index (χ4n) is 4.54. The smallest absolute Gasteiger partial charge is 0.397 e. The Labute approximate surface area is 263 Å². The highest BCUT2D eigenvalue weighted by Gasteiger charge is 2.25. The Kier molecular flexibility index (Phi) is 10.4. The van der Waals surface area contributed by atoms with Gasteiger partial charge in [0.25, 0.3) is 11.5 Å². The van der Waals surface area contributed by atoms with Crippen LogP contribution in [0, 0.1) is 0 Å². The number of hydrogen-bond acceptors (Lipinski definition) is 11. The lowest BCUT2D eigenvalue weighted by atomic mass is 9.93. The van der Waals surface area contributed by atoms with Crippen LogP contribution in [-0.4, -0.2) is 87.9 Å². The number of carboxylic acids is 1. The summed E-state index contributed by atoms with van der Waals surface area (Å²) in [6.45, 7) is 7.03. The molecule has 45 heavy (non-hydrogen) atoms. The molecule has 0 unspecified atom stereocenters. The van der Waals surface area contributed by atoms with Gasteiger partial charge in [-0.3, -0.25) is 28.7 Å². The molecule has 0 aliphatic carbocycles. The van der Waals surface area contributed by atoms with E-state index in [2.05, 4.69) is 19.5 Å². The molecule has 15 nitrogen and oxygen atoms in total. The molecule has 4 rings (SSSR count). The third-order valence-electron chi connectivity index (χ3n) is 6.94. The molecule has 1 aliphatic heterocycles. The number of rotatable bonds is 11. The molecule has 3 N–H and O–H groups in total. The average molecular weight is 663 g/mol. The number of carbonyl (C=O) groups excluding carboxylic acids is 2. The van der Waals surface area contributed by atoms with Gasteiger partial charge >= 0.3 is 16.4 Å². The standard InChI is InChI=1S/C28H34N6O9S2/c1-28(2,3)20-17-44-27(29-20)31-25(38)18-9-10-34-21(16-18)30-24(19(26(34)39)7-8-23(36)37)33-13-11-32(12-14-33)22(35)6-4-5-15-43-45(40,41)42/h7-10,16-17H,4-6,11-15H2,1-3H3,(H,36,37)(H,29,31,38)(H,40,41,42)/b8-7+. The topological polar surface area (TPSA) is 201 Å². The van der Waals surface area contributed by atoms with Gasteiger partial charge in [0, 0.05) is 61.2 Å². The van der Waals surface area contributed by atoms with Gasteiger partial charge in [-0.1, -0.05) is 20.8 Å². The Morgan fingerprint density at radius 3 is 2.47 bits per heavy atom. The van der Waals surface area contributed by atoms with Crippen LogP contribution in [0.5, 0.6) is 0 Å². The van der Waals surface area contributed by atoms with E-state index in [0.717, 1.165) is 11.8 Å². The summed E-state index contributed by atoms with van der Waals surface area (Å²) in [5, 5.41) is 14.3. The number of hydrogen-bond donors (Lipinski definition) is 3. The van der Waals surface area contributed by atoms with E-state index in [4.69, 9.17) is 4.55 Å². The van der Waals surface area contributed by atoms with E-state index in [9.17, 15) is 32.7 Å². The quantitative estimate of drug-likeness (QED) is 0.154. The van der Waals surface area contributed by atoms with Crippen molar-refractivity contribution in [3.63, 3.8) is 0 Å². The Hall–Kier alpha value is -4.19. The van der Waals surface area contributed by atoms with Crippen LogP contribution in [0.15, 0.2) is 34.6 Å². The summed E-state index contributed by atoms with van der Waals surface area (Å²) in [4.78, 5) is 63.1. The van der Waals surface area contributed by atoms with Gasteiger partial charge in [-0.2, -0.15) is 8.42 Å². The number of aliphatic carboxylic acids is 1. The maximum Gasteiger partial charge on any atom is 0.397 e. The van der Waals surface area contributed by atoms with Gasteiger partial charge < -0.3 is 14.9 Å². The van der Waals surface area contributed by atoms with Crippen LogP contribution in [0.25, 0.3) is 11.7 Å². The van der Waals surface area contributed by atoms with Crippen molar-refractivity contribution in [3.05, 3.63) is 57.0 Å². The van der Waals surface area contributed by atoms with Crippen molar-refractivity contribution in [2.75, 3.05) is 43.0 Å². The highest BCUT2D eigenvalue weighted by Crippen LogP contribution is 2.27. The van der Waals surface area contributed by atoms with Crippen molar-refractivity contribution in [2.45, 2.75) is 45.4 Å². The molecule has 0 aromatic carbocycles. The second-order valence-electron chi connectivity index (χ2n) is 11.3. The number of carboxylic acid groups (broad SMARTS) is 1. The molecule has 0 spiro atoms. The molecule has 0 saturated carbocycles. The average Bonchev–Trinajstić information content (AvgIpc) is 3.44. The largest absolute Gasteiger partial charge is 0.478 e. The lowest BCUT2D eigenvalue weighted by Gasteiger charge is -2.36. The zero-order valence-corrected chi connectivity index (χ0v) is 26.6. The fourth-order valence-corrected chi connectivity index (χ4v) is 5.80. The molecule has 17 heteroatoms. The van der Waals surface area contributed by atoms with Crippen LogP contribution in [0.2, 0.25) is 0 Å². The van der Waals surface area contributed by atoms with E-state index in [1.807, 2.05) is 26.2 Å². The van der Waals surface area contributed by atoms with Crippen LogP contribution in [0.1, 0.15) is 61.6 Å². The molecule has 0 radical (unpaired) electrons. The first-order valence-corrected chi connectivity index (χ1v) is 16.3. The van der Waals surface area contributed by atoms with Gasteiger partial charge in [-0.15, -0.1) is 11.3 Å². The first-order chi connectivity index (χ1) is 21.1. The summed E-state index contributed by atoms with van der Waals surface area (Å²) >= 11 is 1.31. The number of nitrogens with zero attached hydrogens (tertiary/aromatic N) is 5. The maximum absolute atomic E-state index is 13.5. The Morgan fingerprint density at radius 1 is 1.13 bits per heavy atom. The van der Waals surface area contributed by atoms with Gasteiger partial charge in [0.15, 0.2) is 5.13 Å². The molecule has 242 valence electrons. The second kappa shape index (κ2) is 13.8. The maximum atomic E-state index is 13.5. The number of nitrogens with one attached hydrogen (secondary N) is 1. The monoisotopic (exact) mass is 662 g/mol. The number of pyridine rings is 1. The molecular formula is C28H34N6O9S2. The van der Waals surface area contributed by atoms with Crippen LogP contribution in [0.3, 0.4) is 0 Å². The minimum Gasteiger partial charge on any atom is -0.478 e. The molecule has 4 heterocycles. The minimum absolute atomic E-state index is 0.0446. The van der Waals surface area contributed by atoms with Gasteiger partial charge in [-0.05, 0) is 31.1 Å². The second-order valence-corrected chi connectivity index (χ2v) is 13.2. The van der Waals surface area contributed by atoms with Crippen molar-refractivity contribution < 1.29 is 36.6 Å². The number of unbranched alkanes of at least 4 members (excludes halogenated alkanes) is 1. The number of aromatic nitrogens is 3. The predicted molar refractivity (Wildman–Crippen MR) is 167 cm³/mol. The van der Waals surface area contributed by atoms with Crippen molar-refractivity contribution >= 4 is 62.2 Å². The first kappa shape index (κ1) is 33.7. The molecule has 1 fully saturated rings. The van der Waals surface area contributed by atoms with Crippen LogP contribution < -0.4 is 15.8 Å². The summed E-state index contributed by atoms with van der Waals surface area (Å²) < 4.78 is 35.4. The number of amides is 2. The molecule has 1 saturated heterocycles. The van der Waals surface area contributed by atoms with E-state index >= 15 is 0 Å². The molecule has 1 aliphatic rings. The van der Waals surface area contributed by atoms with Crippen molar-refractivity contribution in [3.8, 4) is 0 Å². The van der Waals surface area contributed by atoms with Crippen molar-refractivity contribution in [2.24, 2.45) is 0 Å². The van der Waals surface area contributed by atoms with Crippen LogP contribution in [0.4, 0.5) is 10.9 Å². The van der Waals surface area contributed by atoms with Crippen molar-refractivity contribution in [1.82, 2.24) is 19.3 Å². The molecule has 0 atom stereocenters. The summed E-state index contributed by atoms with van der Waals surface area (Å²) in [5.41, 5.74) is 0.594. The van der Waals surface area contributed by atoms with E-state index < -0.39 is 27.8 Å². The third-order valence-corrected chi connectivity index (χ3v) is 8.16. The number of piperazine rings is 1. The summed E-state index contributed by atoms with van der Waals surface area (Å²) in [6.07, 6.45) is 4.21. The molecule has 0 bridgehead atoms. The zero-order valence-electron chi connectivity index (χ0n) is 24.9. The van der Waals surface area contributed by atoms with Gasteiger partial charge in [0.05, 0.1) is 17.9 Å². The van der Waals surface area contributed by atoms with Gasteiger partial charge in [0.2, 0.25) is 5.91 Å². The van der Waals surface area contributed by atoms with Crippen LogP contribution >= 0.6 is 11.3 Å². The minimum atomic E-state index is -4.52. The van der Waals surface area contributed by atoms with Gasteiger partial charge in [0.1, 0.15) is 11.5 Å².